The average Bonchev–Trinajstić information content (AvgIpc) is 2.96. The minimum Gasteiger partial charge on any atom is -0.379 e. The van der Waals surface area contributed by atoms with Crippen molar-refractivity contribution in [3.8, 4) is 0 Å². The van der Waals surface area contributed by atoms with Gasteiger partial charge in [0.15, 0.2) is 0 Å². The first-order valence-corrected chi connectivity index (χ1v) is 7.01. The third-order valence-corrected chi connectivity index (χ3v) is 3.83. The number of fused-ring (bicyclic) bond motifs is 1. The Labute approximate surface area is 116 Å². The van der Waals surface area contributed by atoms with E-state index in [-0.39, 0.29) is 0 Å². The Kier molecular flexibility index (Phi) is 3.46. The average molecular weight is 285 g/mol. The van der Waals surface area contributed by atoms with Gasteiger partial charge >= 0.3 is 0 Å². The van der Waals surface area contributed by atoms with Gasteiger partial charge in [-0.3, -0.25) is 0 Å². The molecule has 0 N–H and O–H groups in total. The van der Waals surface area contributed by atoms with Gasteiger partial charge in [-0.05, 0) is 18.6 Å². The molecule has 96 valence electrons. The van der Waals surface area contributed by atoms with Crippen LogP contribution in [0.5, 0.6) is 0 Å². The molecule has 0 bridgehead atoms. The van der Waals surface area contributed by atoms with E-state index < -0.39 is 0 Å². The normalized spacial score (nSPS) is 19.8. The van der Waals surface area contributed by atoms with Crippen LogP contribution in [-0.2, 0) is 11.2 Å². The van der Waals surface area contributed by atoms with Gasteiger partial charge in [-0.2, -0.15) is 0 Å². The van der Waals surface area contributed by atoms with E-state index in [0.717, 1.165) is 42.9 Å². The van der Waals surface area contributed by atoms with E-state index in [4.69, 9.17) is 27.9 Å². The maximum atomic E-state index is 6.21. The van der Waals surface area contributed by atoms with Crippen molar-refractivity contribution >= 4 is 34.2 Å². The van der Waals surface area contributed by atoms with Crippen LogP contribution in [0.3, 0.4) is 0 Å². The van der Waals surface area contributed by atoms with Crippen LogP contribution >= 0.6 is 23.2 Å². The molecular weight excluding hydrogens is 271 g/mol. The fourth-order valence-electron chi connectivity index (χ4n) is 2.53. The van der Waals surface area contributed by atoms with E-state index in [1.54, 1.807) is 0 Å². The zero-order chi connectivity index (χ0) is 12.5. The maximum Gasteiger partial charge on any atom is 0.111 e. The van der Waals surface area contributed by atoms with Crippen molar-refractivity contribution in [1.82, 2.24) is 9.55 Å². The summed E-state index contributed by atoms with van der Waals surface area (Å²) >= 11 is 12.1. The molecule has 3 rings (SSSR count). The van der Waals surface area contributed by atoms with Crippen molar-refractivity contribution in [2.45, 2.75) is 18.9 Å². The topological polar surface area (TPSA) is 27.1 Å². The number of aromatic nitrogens is 2. The summed E-state index contributed by atoms with van der Waals surface area (Å²) in [5, 5.41) is 0.695. The molecule has 2 aromatic rings. The Morgan fingerprint density at radius 2 is 2.33 bits per heavy atom. The first kappa shape index (κ1) is 12.3. The number of nitrogens with zero attached hydrogens (tertiary/aromatic N) is 2. The second kappa shape index (κ2) is 5.08. The van der Waals surface area contributed by atoms with E-state index in [1.807, 2.05) is 12.1 Å². The molecule has 2 heterocycles. The summed E-state index contributed by atoms with van der Waals surface area (Å²) in [6.45, 7) is 1.55. The summed E-state index contributed by atoms with van der Waals surface area (Å²) in [6, 6.07) is 6.25. The molecule has 1 aliphatic rings. The SMILES string of the molecule is ClCCc1nc2c(Cl)cccc2n1C1CCOC1. The highest BCUT2D eigenvalue weighted by atomic mass is 35.5. The van der Waals surface area contributed by atoms with Gasteiger partial charge in [-0.15, -0.1) is 11.6 Å². The first-order chi connectivity index (χ1) is 8.81. The first-order valence-electron chi connectivity index (χ1n) is 6.10. The van der Waals surface area contributed by atoms with Gasteiger partial charge < -0.3 is 9.30 Å². The summed E-state index contributed by atoms with van der Waals surface area (Å²) in [5.74, 6) is 1.57. The molecule has 0 spiro atoms. The lowest BCUT2D eigenvalue weighted by Crippen LogP contribution is -2.12. The van der Waals surface area contributed by atoms with E-state index in [0.29, 0.717) is 16.9 Å². The fourth-order valence-corrected chi connectivity index (χ4v) is 2.91. The Balaban J connectivity index is 2.18. The quantitative estimate of drug-likeness (QED) is 0.808. The number of ether oxygens (including phenoxy) is 1. The van der Waals surface area contributed by atoms with Crippen molar-refractivity contribution in [2.24, 2.45) is 0 Å². The van der Waals surface area contributed by atoms with Gasteiger partial charge in [0.1, 0.15) is 11.3 Å². The van der Waals surface area contributed by atoms with Crippen molar-refractivity contribution in [2.75, 3.05) is 19.1 Å². The molecule has 5 heteroatoms. The van der Waals surface area contributed by atoms with Gasteiger partial charge in [-0.1, -0.05) is 17.7 Å². The minimum absolute atomic E-state index is 0.353. The number of para-hydroxylation sites is 1. The van der Waals surface area contributed by atoms with Crippen molar-refractivity contribution < 1.29 is 4.74 Å². The Morgan fingerprint density at radius 1 is 1.44 bits per heavy atom. The molecular formula is C13H14Cl2N2O. The summed E-state index contributed by atoms with van der Waals surface area (Å²) in [7, 11) is 0. The van der Waals surface area contributed by atoms with Crippen molar-refractivity contribution in [1.29, 1.82) is 0 Å². The summed E-state index contributed by atoms with van der Waals surface area (Å²) in [4.78, 5) is 4.64. The minimum atomic E-state index is 0.353. The molecule has 0 saturated carbocycles. The molecule has 1 aromatic carbocycles. The van der Waals surface area contributed by atoms with Crippen LogP contribution in [0, 0.1) is 0 Å². The number of halogens is 2. The molecule has 3 nitrogen and oxygen atoms in total. The van der Waals surface area contributed by atoms with Gasteiger partial charge in [0.25, 0.3) is 0 Å². The Hall–Kier alpha value is -0.770. The van der Waals surface area contributed by atoms with Crippen LogP contribution in [-0.4, -0.2) is 28.6 Å². The van der Waals surface area contributed by atoms with Gasteiger partial charge in [-0.25, -0.2) is 4.98 Å². The van der Waals surface area contributed by atoms with Gasteiger partial charge in [0.05, 0.1) is 23.2 Å². The summed E-state index contributed by atoms with van der Waals surface area (Å²) in [6.07, 6.45) is 1.77. The second-order valence-corrected chi connectivity index (χ2v) is 5.25. The lowest BCUT2D eigenvalue weighted by Gasteiger charge is -2.14. The monoisotopic (exact) mass is 284 g/mol. The number of alkyl halides is 1. The molecule has 1 aliphatic heterocycles. The van der Waals surface area contributed by atoms with E-state index in [2.05, 4.69) is 15.6 Å². The smallest absolute Gasteiger partial charge is 0.111 e. The Morgan fingerprint density at radius 3 is 3.06 bits per heavy atom. The Bertz CT molecular complexity index is 561. The molecule has 1 unspecified atom stereocenters. The third kappa shape index (κ3) is 2.00. The van der Waals surface area contributed by atoms with Crippen molar-refractivity contribution in [3.05, 3.63) is 29.0 Å². The highest BCUT2D eigenvalue weighted by molar-refractivity contribution is 6.34. The number of imidazole rings is 1. The number of hydrogen-bond acceptors (Lipinski definition) is 2. The number of aryl methyl sites for hydroxylation is 1. The van der Waals surface area contributed by atoms with Crippen LogP contribution < -0.4 is 0 Å². The zero-order valence-electron chi connectivity index (χ0n) is 9.90. The van der Waals surface area contributed by atoms with Crippen LogP contribution in [0.15, 0.2) is 18.2 Å². The molecule has 1 atom stereocenters. The van der Waals surface area contributed by atoms with Crippen LogP contribution in [0.2, 0.25) is 5.02 Å². The number of benzene rings is 1. The highest BCUT2D eigenvalue weighted by Gasteiger charge is 2.23. The van der Waals surface area contributed by atoms with Crippen molar-refractivity contribution in [3.63, 3.8) is 0 Å². The third-order valence-electron chi connectivity index (χ3n) is 3.33. The molecule has 1 aromatic heterocycles. The zero-order valence-corrected chi connectivity index (χ0v) is 11.4. The van der Waals surface area contributed by atoms with Gasteiger partial charge in [0.2, 0.25) is 0 Å². The second-order valence-electron chi connectivity index (χ2n) is 4.46. The molecule has 0 aliphatic carbocycles. The van der Waals surface area contributed by atoms with Gasteiger partial charge in [0, 0.05) is 18.9 Å². The van der Waals surface area contributed by atoms with E-state index >= 15 is 0 Å². The lowest BCUT2D eigenvalue weighted by atomic mass is 10.2. The predicted molar refractivity (Wildman–Crippen MR) is 73.6 cm³/mol. The highest BCUT2D eigenvalue weighted by Crippen LogP contribution is 2.30. The molecule has 1 saturated heterocycles. The maximum absolute atomic E-state index is 6.21. The van der Waals surface area contributed by atoms with E-state index in [9.17, 15) is 0 Å². The molecule has 1 fully saturated rings. The lowest BCUT2D eigenvalue weighted by molar-refractivity contribution is 0.186. The van der Waals surface area contributed by atoms with Crippen LogP contribution in [0.25, 0.3) is 11.0 Å². The van der Waals surface area contributed by atoms with E-state index in [1.165, 1.54) is 0 Å². The molecule has 0 radical (unpaired) electrons. The summed E-state index contributed by atoms with van der Waals surface area (Å²) < 4.78 is 7.73. The van der Waals surface area contributed by atoms with Crippen LogP contribution in [0.4, 0.5) is 0 Å². The number of rotatable bonds is 3. The summed E-state index contributed by atoms with van der Waals surface area (Å²) in [5.41, 5.74) is 1.95. The molecule has 0 amide bonds. The predicted octanol–water partition coefficient (Wildman–Crippen LogP) is 3.43. The van der Waals surface area contributed by atoms with Crippen LogP contribution in [0.1, 0.15) is 18.3 Å². The number of hydrogen-bond donors (Lipinski definition) is 0. The molecule has 18 heavy (non-hydrogen) atoms. The standard InChI is InChI=1S/C13H14Cl2N2O/c14-6-4-12-16-13-10(15)2-1-3-11(13)17(12)9-5-7-18-8-9/h1-3,9H,4-8H2. The largest absolute Gasteiger partial charge is 0.379 e. The fraction of sp³-hybridized carbons (Fsp3) is 0.462.